The van der Waals surface area contributed by atoms with Gasteiger partial charge >= 0.3 is 0 Å². The van der Waals surface area contributed by atoms with Crippen LogP contribution in [0.4, 0.5) is 0 Å². The molecule has 1 atom stereocenters. The third kappa shape index (κ3) is 1.99. The van der Waals surface area contributed by atoms with Gasteiger partial charge in [-0.3, -0.25) is 0 Å². The molecule has 0 saturated heterocycles. The van der Waals surface area contributed by atoms with E-state index in [4.69, 9.17) is 0 Å². The van der Waals surface area contributed by atoms with Gasteiger partial charge in [0.15, 0.2) is 0 Å². The Kier molecular flexibility index (Phi) is 2.79. The Balaban J connectivity index is 2.11. The molecule has 96 valence electrons. The van der Waals surface area contributed by atoms with Crippen molar-refractivity contribution in [2.75, 3.05) is 0 Å². The molecule has 0 bridgehead atoms. The SMILES string of the molecule is CC(c1ccc(O)cc1)c1cn(C)c2ccccc12. The zero-order chi connectivity index (χ0) is 13.4. The molecule has 2 aromatic carbocycles. The Morgan fingerprint density at radius 2 is 1.68 bits per heavy atom. The molecule has 1 aromatic heterocycles. The second-order valence-electron chi connectivity index (χ2n) is 5.03. The molecule has 3 aromatic rings. The summed E-state index contributed by atoms with van der Waals surface area (Å²) < 4.78 is 2.17. The van der Waals surface area contributed by atoms with E-state index >= 15 is 0 Å². The molecule has 0 amide bonds. The maximum absolute atomic E-state index is 9.38. The third-order valence-corrected chi connectivity index (χ3v) is 3.79. The van der Waals surface area contributed by atoms with Crippen LogP contribution in [0, 0.1) is 0 Å². The summed E-state index contributed by atoms with van der Waals surface area (Å²) in [6.07, 6.45) is 2.20. The predicted molar refractivity (Wildman–Crippen MR) is 78.5 cm³/mol. The predicted octanol–water partition coefficient (Wildman–Crippen LogP) is 4.04. The molecule has 19 heavy (non-hydrogen) atoms. The first-order chi connectivity index (χ1) is 9.16. The number of fused-ring (bicyclic) bond motifs is 1. The third-order valence-electron chi connectivity index (χ3n) is 3.79. The number of nitrogens with zero attached hydrogens (tertiary/aromatic N) is 1. The fourth-order valence-electron chi connectivity index (χ4n) is 2.66. The van der Waals surface area contributed by atoms with Gasteiger partial charge in [-0.25, -0.2) is 0 Å². The number of rotatable bonds is 2. The second-order valence-corrected chi connectivity index (χ2v) is 5.03. The zero-order valence-corrected chi connectivity index (χ0v) is 11.2. The molecule has 0 spiro atoms. The Morgan fingerprint density at radius 1 is 1.00 bits per heavy atom. The van der Waals surface area contributed by atoms with Crippen LogP contribution in [0.1, 0.15) is 24.0 Å². The van der Waals surface area contributed by atoms with Crippen molar-refractivity contribution in [3.8, 4) is 5.75 Å². The van der Waals surface area contributed by atoms with Gasteiger partial charge in [-0.15, -0.1) is 0 Å². The topological polar surface area (TPSA) is 25.2 Å². The fraction of sp³-hybridized carbons (Fsp3) is 0.176. The Hall–Kier alpha value is -2.22. The van der Waals surface area contributed by atoms with E-state index in [0.717, 1.165) is 0 Å². The van der Waals surface area contributed by atoms with Crippen LogP contribution in [0.15, 0.2) is 54.7 Å². The molecule has 0 fully saturated rings. The van der Waals surface area contributed by atoms with Gasteiger partial charge in [0.05, 0.1) is 0 Å². The summed E-state index contributed by atoms with van der Waals surface area (Å²) in [4.78, 5) is 0. The molecule has 2 heteroatoms. The molecule has 0 saturated carbocycles. The van der Waals surface area contributed by atoms with E-state index < -0.39 is 0 Å². The summed E-state index contributed by atoms with van der Waals surface area (Å²) >= 11 is 0. The smallest absolute Gasteiger partial charge is 0.115 e. The summed E-state index contributed by atoms with van der Waals surface area (Å²) in [5.74, 6) is 0.626. The van der Waals surface area contributed by atoms with Crippen LogP contribution in [0.25, 0.3) is 10.9 Å². The average Bonchev–Trinajstić information content (AvgIpc) is 2.77. The minimum Gasteiger partial charge on any atom is -0.508 e. The highest BCUT2D eigenvalue weighted by Crippen LogP contribution is 2.32. The molecule has 0 aliphatic carbocycles. The molecule has 0 aliphatic rings. The van der Waals surface area contributed by atoms with Crippen LogP contribution in [-0.2, 0) is 7.05 Å². The van der Waals surface area contributed by atoms with E-state index in [2.05, 4.69) is 49.0 Å². The largest absolute Gasteiger partial charge is 0.508 e. The maximum atomic E-state index is 9.38. The Labute approximate surface area is 112 Å². The number of hydrogen-bond acceptors (Lipinski definition) is 1. The minimum absolute atomic E-state index is 0.312. The van der Waals surface area contributed by atoms with Gasteiger partial charge in [-0.1, -0.05) is 37.3 Å². The van der Waals surface area contributed by atoms with Crippen LogP contribution in [0.2, 0.25) is 0 Å². The summed E-state index contributed by atoms with van der Waals surface area (Å²) in [6.45, 7) is 2.20. The van der Waals surface area contributed by atoms with Crippen molar-refractivity contribution in [2.24, 2.45) is 7.05 Å². The first kappa shape index (κ1) is 11.8. The lowest BCUT2D eigenvalue weighted by Crippen LogP contribution is -1.94. The number of aromatic nitrogens is 1. The minimum atomic E-state index is 0.312. The first-order valence-electron chi connectivity index (χ1n) is 6.49. The van der Waals surface area contributed by atoms with E-state index in [1.807, 2.05) is 12.1 Å². The summed E-state index contributed by atoms with van der Waals surface area (Å²) in [7, 11) is 2.08. The lowest BCUT2D eigenvalue weighted by atomic mass is 9.93. The number of phenols is 1. The first-order valence-corrected chi connectivity index (χ1v) is 6.49. The molecule has 0 radical (unpaired) electrons. The van der Waals surface area contributed by atoms with Gasteiger partial charge in [-0.05, 0) is 29.3 Å². The van der Waals surface area contributed by atoms with Crippen LogP contribution in [0.5, 0.6) is 5.75 Å². The number of benzene rings is 2. The van der Waals surface area contributed by atoms with E-state index in [0.29, 0.717) is 11.7 Å². The lowest BCUT2D eigenvalue weighted by molar-refractivity contribution is 0.475. The molecule has 2 nitrogen and oxygen atoms in total. The number of hydrogen-bond donors (Lipinski definition) is 1. The monoisotopic (exact) mass is 251 g/mol. The summed E-state index contributed by atoms with van der Waals surface area (Å²) in [5, 5.41) is 10.7. The van der Waals surface area contributed by atoms with Crippen molar-refractivity contribution < 1.29 is 5.11 Å². The molecular weight excluding hydrogens is 234 g/mol. The second kappa shape index (κ2) is 4.47. The van der Waals surface area contributed by atoms with Gasteiger partial charge in [0, 0.05) is 30.1 Å². The molecule has 3 rings (SSSR count). The van der Waals surface area contributed by atoms with Gasteiger partial charge in [0.2, 0.25) is 0 Å². The average molecular weight is 251 g/mol. The van der Waals surface area contributed by atoms with Crippen molar-refractivity contribution in [1.82, 2.24) is 4.57 Å². The standard InChI is InChI=1S/C17H17NO/c1-12(13-7-9-14(19)10-8-13)16-11-18(2)17-6-4-3-5-15(16)17/h3-12,19H,1-2H3. The maximum Gasteiger partial charge on any atom is 0.115 e. The fourth-order valence-corrected chi connectivity index (χ4v) is 2.66. The highest BCUT2D eigenvalue weighted by atomic mass is 16.3. The summed E-state index contributed by atoms with van der Waals surface area (Å²) in [6, 6.07) is 15.9. The van der Waals surface area contributed by atoms with Crippen molar-refractivity contribution in [1.29, 1.82) is 0 Å². The van der Waals surface area contributed by atoms with E-state index in [-0.39, 0.29) is 0 Å². The van der Waals surface area contributed by atoms with Crippen molar-refractivity contribution >= 4 is 10.9 Å². The number of para-hydroxylation sites is 1. The van der Waals surface area contributed by atoms with Crippen molar-refractivity contribution in [2.45, 2.75) is 12.8 Å². The van der Waals surface area contributed by atoms with Gasteiger partial charge in [0.1, 0.15) is 5.75 Å². The Bertz CT molecular complexity index is 710. The van der Waals surface area contributed by atoms with Crippen molar-refractivity contribution in [3.63, 3.8) is 0 Å². The number of aromatic hydroxyl groups is 1. The highest BCUT2D eigenvalue weighted by molar-refractivity contribution is 5.84. The van der Waals surface area contributed by atoms with Gasteiger partial charge in [0.25, 0.3) is 0 Å². The Morgan fingerprint density at radius 3 is 2.42 bits per heavy atom. The zero-order valence-electron chi connectivity index (χ0n) is 11.2. The highest BCUT2D eigenvalue weighted by Gasteiger charge is 2.14. The molecule has 1 N–H and O–H groups in total. The van der Waals surface area contributed by atoms with E-state index in [1.54, 1.807) is 12.1 Å². The van der Waals surface area contributed by atoms with Crippen LogP contribution in [0.3, 0.4) is 0 Å². The van der Waals surface area contributed by atoms with Crippen LogP contribution < -0.4 is 0 Å². The van der Waals surface area contributed by atoms with E-state index in [9.17, 15) is 5.11 Å². The number of aryl methyl sites for hydroxylation is 1. The quantitative estimate of drug-likeness (QED) is 0.730. The molecule has 1 unspecified atom stereocenters. The molecule has 0 aliphatic heterocycles. The van der Waals surface area contributed by atoms with Crippen molar-refractivity contribution in [3.05, 3.63) is 65.9 Å². The normalized spacial score (nSPS) is 12.7. The lowest BCUT2D eigenvalue weighted by Gasteiger charge is -2.11. The van der Waals surface area contributed by atoms with Crippen LogP contribution in [-0.4, -0.2) is 9.67 Å². The number of phenolic OH excluding ortho intramolecular Hbond substituents is 1. The molecular formula is C17H17NO. The van der Waals surface area contributed by atoms with Crippen LogP contribution >= 0.6 is 0 Å². The van der Waals surface area contributed by atoms with Gasteiger partial charge < -0.3 is 9.67 Å². The van der Waals surface area contributed by atoms with Gasteiger partial charge in [-0.2, -0.15) is 0 Å². The summed E-state index contributed by atoms with van der Waals surface area (Å²) in [5.41, 5.74) is 3.79. The van der Waals surface area contributed by atoms with E-state index in [1.165, 1.54) is 22.0 Å². The molecule has 1 heterocycles.